The number of rotatable bonds is 0. The summed E-state index contributed by atoms with van der Waals surface area (Å²) >= 11 is 0. The third-order valence-electron chi connectivity index (χ3n) is 1.81. The highest BCUT2D eigenvalue weighted by Crippen LogP contribution is 2.27. The van der Waals surface area contributed by atoms with Crippen LogP contribution in [-0.2, 0) is 0 Å². The third-order valence-corrected chi connectivity index (χ3v) is 1.81. The van der Waals surface area contributed by atoms with Crippen LogP contribution in [0.3, 0.4) is 0 Å². The predicted octanol–water partition coefficient (Wildman–Crippen LogP) is -0.153. The van der Waals surface area contributed by atoms with E-state index >= 15 is 0 Å². The molecule has 4 heteroatoms. The van der Waals surface area contributed by atoms with E-state index in [4.69, 9.17) is 10.2 Å². The molecule has 60 valence electrons. The molecular formula is C8H4O4. The SMILES string of the molecule is O=c1c(=O)c2cc(O)c(O)cc12. The lowest BCUT2D eigenvalue weighted by atomic mass is 10.0. The number of hydrogen-bond donors (Lipinski definition) is 2. The molecule has 4 nitrogen and oxygen atoms in total. The summed E-state index contributed by atoms with van der Waals surface area (Å²) in [5.74, 6) is -0.760. The first-order valence-corrected chi connectivity index (χ1v) is 3.26. The Hall–Kier alpha value is -1.84. The minimum atomic E-state index is -0.611. The summed E-state index contributed by atoms with van der Waals surface area (Å²) in [6, 6.07) is 2.18. The van der Waals surface area contributed by atoms with Gasteiger partial charge in [0.05, 0.1) is 0 Å². The van der Waals surface area contributed by atoms with Crippen molar-refractivity contribution in [1.29, 1.82) is 0 Å². The van der Waals surface area contributed by atoms with Crippen molar-refractivity contribution in [3.63, 3.8) is 0 Å². The van der Waals surface area contributed by atoms with Crippen molar-refractivity contribution in [3.8, 4) is 11.5 Å². The van der Waals surface area contributed by atoms with Gasteiger partial charge >= 0.3 is 0 Å². The standard InChI is InChI=1S/C8H4O4/c9-5-1-3-4(2-6(5)10)8(12)7(3)11/h1-2,9-10H. The Morgan fingerprint density at radius 1 is 0.833 bits per heavy atom. The monoisotopic (exact) mass is 164 g/mol. The molecule has 0 fully saturated rings. The van der Waals surface area contributed by atoms with E-state index in [0.717, 1.165) is 12.1 Å². The van der Waals surface area contributed by atoms with Crippen molar-refractivity contribution in [1.82, 2.24) is 0 Å². The molecule has 0 amide bonds. The summed E-state index contributed by atoms with van der Waals surface area (Å²) in [5, 5.41) is 18.3. The lowest BCUT2D eigenvalue weighted by Crippen LogP contribution is -2.30. The predicted molar refractivity (Wildman–Crippen MR) is 42.2 cm³/mol. The number of benzene rings is 1. The van der Waals surface area contributed by atoms with E-state index in [0.29, 0.717) is 0 Å². The molecule has 2 aromatic rings. The first kappa shape index (κ1) is 6.84. The second-order valence-corrected chi connectivity index (χ2v) is 2.54. The molecule has 2 aromatic carbocycles. The van der Waals surface area contributed by atoms with Gasteiger partial charge in [0.2, 0.25) is 10.9 Å². The molecule has 0 atom stereocenters. The Labute approximate surface area is 66.0 Å². The second-order valence-electron chi connectivity index (χ2n) is 2.54. The molecule has 0 heterocycles. The lowest BCUT2D eigenvalue weighted by Gasteiger charge is -2.01. The smallest absolute Gasteiger partial charge is 0.234 e. The van der Waals surface area contributed by atoms with Crippen LogP contribution in [0.5, 0.6) is 11.5 Å². The number of aromatic hydroxyl groups is 2. The fraction of sp³-hybridized carbons (Fsp3) is 0. The van der Waals surface area contributed by atoms with Crippen molar-refractivity contribution in [3.05, 3.63) is 32.6 Å². The van der Waals surface area contributed by atoms with Gasteiger partial charge in [-0.1, -0.05) is 0 Å². The van der Waals surface area contributed by atoms with E-state index < -0.39 is 10.9 Å². The van der Waals surface area contributed by atoms with Crippen molar-refractivity contribution in [2.24, 2.45) is 0 Å². The molecule has 0 spiro atoms. The first-order valence-electron chi connectivity index (χ1n) is 3.26. The van der Waals surface area contributed by atoms with Gasteiger partial charge in [0.15, 0.2) is 11.5 Å². The number of phenols is 2. The van der Waals surface area contributed by atoms with Crippen LogP contribution in [0.4, 0.5) is 0 Å². The lowest BCUT2D eigenvalue weighted by molar-refractivity contribution is 0.405. The molecule has 0 saturated heterocycles. The quantitative estimate of drug-likeness (QED) is 0.419. The van der Waals surface area contributed by atoms with Gasteiger partial charge in [-0.25, -0.2) is 0 Å². The molecule has 12 heavy (non-hydrogen) atoms. The number of hydrogen-bond acceptors (Lipinski definition) is 4. The van der Waals surface area contributed by atoms with Crippen molar-refractivity contribution in [2.45, 2.75) is 0 Å². The van der Waals surface area contributed by atoms with Crippen LogP contribution < -0.4 is 10.9 Å². The molecule has 0 bridgehead atoms. The van der Waals surface area contributed by atoms with Crippen LogP contribution in [-0.4, -0.2) is 10.2 Å². The highest BCUT2D eigenvalue weighted by atomic mass is 16.3. The fourth-order valence-corrected chi connectivity index (χ4v) is 1.13. The summed E-state index contributed by atoms with van der Waals surface area (Å²) in [6.45, 7) is 0. The topological polar surface area (TPSA) is 74.6 Å². The Kier molecular flexibility index (Phi) is 1.05. The molecule has 0 aliphatic heterocycles. The van der Waals surface area contributed by atoms with Gasteiger partial charge < -0.3 is 10.2 Å². The van der Waals surface area contributed by atoms with E-state index in [2.05, 4.69) is 0 Å². The van der Waals surface area contributed by atoms with E-state index in [-0.39, 0.29) is 22.3 Å². The van der Waals surface area contributed by atoms with E-state index in [9.17, 15) is 9.59 Å². The highest BCUT2D eigenvalue weighted by Gasteiger charge is 2.14. The molecular weight excluding hydrogens is 160 g/mol. The highest BCUT2D eigenvalue weighted by molar-refractivity contribution is 5.90. The minimum absolute atomic E-state index is 0.176. The maximum Gasteiger partial charge on any atom is 0.234 e. The van der Waals surface area contributed by atoms with Gasteiger partial charge in [-0.05, 0) is 12.1 Å². The first-order chi connectivity index (χ1) is 5.61. The average Bonchev–Trinajstić information content (AvgIpc) is 2.08. The van der Waals surface area contributed by atoms with Gasteiger partial charge in [0.25, 0.3) is 0 Å². The average molecular weight is 164 g/mol. The fourth-order valence-electron chi connectivity index (χ4n) is 1.13. The summed E-state index contributed by atoms with van der Waals surface area (Å²) in [4.78, 5) is 21.5. The zero-order valence-corrected chi connectivity index (χ0v) is 5.87. The second kappa shape index (κ2) is 1.85. The van der Waals surface area contributed by atoms with E-state index in [1.807, 2.05) is 0 Å². The van der Waals surface area contributed by atoms with Gasteiger partial charge in [-0.15, -0.1) is 0 Å². The summed E-state index contributed by atoms with van der Waals surface area (Å²) in [7, 11) is 0. The molecule has 2 rings (SSSR count). The van der Waals surface area contributed by atoms with Crippen LogP contribution in [0.25, 0.3) is 10.8 Å². The van der Waals surface area contributed by atoms with Crippen LogP contribution in [0.15, 0.2) is 21.7 Å². The number of fused-ring (bicyclic) bond motifs is 1. The zero-order valence-electron chi connectivity index (χ0n) is 5.87. The van der Waals surface area contributed by atoms with E-state index in [1.54, 1.807) is 0 Å². The maximum absolute atomic E-state index is 10.8. The van der Waals surface area contributed by atoms with Gasteiger partial charge in [-0.2, -0.15) is 0 Å². The van der Waals surface area contributed by atoms with Crippen LogP contribution in [0.1, 0.15) is 0 Å². The summed E-state index contributed by atoms with van der Waals surface area (Å²) < 4.78 is 0. The Morgan fingerprint density at radius 3 is 1.50 bits per heavy atom. The maximum atomic E-state index is 10.8. The molecule has 0 radical (unpaired) electrons. The van der Waals surface area contributed by atoms with Crippen LogP contribution in [0.2, 0.25) is 0 Å². The van der Waals surface area contributed by atoms with Gasteiger partial charge in [0.1, 0.15) is 0 Å². The molecule has 2 N–H and O–H groups in total. The molecule has 0 aromatic heterocycles. The Morgan fingerprint density at radius 2 is 1.17 bits per heavy atom. The summed E-state index contributed by atoms with van der Waals surface area (Å²) in [5.41, 5.74) is -1.22. The molecule has 0 aliphatic carbocycles. The molecule has 0 aliphatic rings. The van der Waals surface area contributed by atoms with Crippen molar-refractivity contribution < 1.29 is 10.2 Å². The zero-order chi connectivity index (χ0) is 8.88. The summed E-state index contributed by atoms with van der Waals surface area (Å²) in [6.07, 6.45) is 0. The Balaban J connectivity index is 2.97. The van der Waals surface area contributed by atoms with Gasteiger partial charge in [0, 0.05) is 10.8 Å². The number of phenolic OH excluding ortho intramolecular Hbond substituents is 2. The van der Waals surface area contributed by atoms with Crippen LogP contribution in [0, 0.1) is 0 Å². The molecule has 0 unspecified atom stereocenters. The van der Waals surface area contributed by atoms with Crippen LogP contribution >= 0.6 is 0 Å². The van der Waals surface area contributed by atoms with Crippen molar-refractivity contribution in [2.75, 3.05) is 0 Å². The third kappa shape index (κ3) is 0.611. The Bertz CT molecular complexity index is 482. The molecule has 0 saturated carbocycles. The van der Waals surface area contributed by atoms with Crippen molar-refractivity contribution >= 4 is 10.8 Å². The largest absolute Gasteiger partial charge is 0.504 e. The van der Waals surface area contributed by atoms with E-state index in [1.165, 1.54) is 0 Å². The van der Waals surface area contributed by atoms with Gasteiger partial charge in [-0.3, -0.25) is 9.59 Å². The minimum Gasteiger partial charge on any atom is -0.504 e. The normalized spacial score (nSPS) is 11.0.